The Morgan fingerprint density at radius 3 is 2.75 bits per heavy atom. The average molecular weight is 316 g/mol. The van der Waals surface area contributed by atoms with Gasteiger partial charge in [0.2, 0.25) is 0 Å². The fraction of sp³-hybridized carbons (Fsp3) is 0.250. The van der Waals surface area contributed by atoms with E-state index in [9.17, 15) is 8.42 Å². The number of sulfonamides is 1. The van der Waals surface area contributed by atoms with Gasteiger partial charge in [0.25, 0.3) is 10.0 Å². The van der Waals surface area contributed by atoms with Gasteiger partial charge in [0.05, 0.1) is 7.11 Å². The SMILES string of the molecule is CCc1cc(NS(=O)(=O)c2ccc(Cl)cc2OC)n[nH]1. The predicted octanol–water partition coefficient (Wildman–Crippen LogP) is 2.43. The molecule has 0 atom stereocenters. The standard InChI is InChI=1S/C12H14ClN3O3S/c1-3-9-7-12(15-14-9)16-20(17,18)11-5-4-8(13)6-10(11)19-2/h4-7H,3H2,1-2H3,(H2,14,15,16). The Labute approximate surface area is 122 Å². The molecular weight excluding hydrogens is 302 g/mol. The monoisotopic (exact) mass is 315 g/mol. The van der Waals surface area contributed by atoms with Crippen molar-refractivity contribution in [3.8, 4) is 5.75 Å². The fourth-order valence-corrected chi connectivity index (χ4v) is 2.96. The summed E-state index contributed by atoms with van der Waals surface area (Å²) in [4.78, 5) is 0.00504. The van der Waals surface area contributed by atoms with Crippen molar-refractivity contribution >= 4 is 27.4 Å². The van der Waals surface area contributed by atoms with Gasteiger partial charge in [-0.3, -0.25) is 9.82 Å². The first-order valence-corrected chi connectivity index (χ1v) is 7.73. The summed E-state index contributed by atoms with van der Waals surface area (Å²) in [5.74, 6) is 0.412. The Balaban J connectivity index is 2.35. The van der Waals surface area contributed by atoms with E-state index in [0.717, 1.165) is 12.1 Å². The molecule has 0 fully saturated rings. The molecule has 2 aromatic rings. The van der Waals surface area contributed by atoms with Crippen molar-refractivity contribution in [3.63, 3.8) is 0 Å². The van der Waals surface area contributed by atoms with E-state index in [-0.39, 0.29) is 16.5 Å². The third-order valence-electron chi connectivity index (χ3n) is 2.67. The zero-order valence-corrected chi connectivity index (χ0v) is 12.5. The van der Waals surface area contributed by atoms with Gasteiger partial charge in [-0.2, -0.15) is 5.10 Å². The average Bonchev–Trinajstić information content (AvgIpc) is 2.85. The lowest BCUT2D eigenvalue weighted by Crippen LogP contribution is -2.14. The number of aryl methyl sites for hydroxylation is 1. The molecule has 1 aromatic heterocycles. The molecule has 8 heteroatoms. The number of H-pyrrole nitrogens is 1. The molecule has 6 nitrogen and oxygen atoms in total. The van der Waals surface area contributed by atoms with Gasteiger partial charge in [-0.1, -0.05) is 18.5 Å². The Morgan fingerprint density at radius 2 is 2.15 bits per heavy atom. The van der Waals surface area contributed by atoms with Gasteiger partial charge in [-0.25, -0.2) is 8.42 Å². The van der Waals surface area contributed by atoms with Crippen LogP contribution in [-0.2, 0) is 16.4 Å². The Kier molecular flexibility index (Phi) is 4.20. The van der Waals surface area contributed by atoms with Crippen LogP contribution in [0.3, 0.4) is 0 Å². The highest BCUT2D eigenvalue weighted by atomic mass is 35.5. The number of nitrogens with zero attached hydrogens (tertiary/aromatic N) is 1. The third kappa shape index (κ3) is 3.05. The maximum atomic E-state index is 12.3. The van der Waals surface area contributed by atoms with Crippen LogP contribution in [0, 0.1) is 0 Å². The van der Waals surface area contributed by atoms with Crippen molar-refractivity contribution in [2.75, 3.05) is 11.8 Å². The number of anilines is 1. The normalized spacial score (nSPS) is 11.3. The van der Waals surface area contributed by atoms with E-state index >= 15 is 0 Å². The second-order valence-corrected chi connectivity index (χ2v) is 6.12. The number of halogens is 1. The van der Waals surface area contributed by atoms with E-state index < -0.39 is 10.0 Å². The van der Waals surface area contributed by atoms with E-state index in [2.05, 4.69) is 14.9 Å². The van der Waals surface area contributed by atoms with Crippen molar-refractivity contribution in [2.24, 2.45) is 0 Å². The molecule has 0 aliphatic heterocycles. The van der Waals surface area contributed by atoms with Gasteiger partial charge in [-0.15, -0.1) is 0 Å². The summed E-state index contributed by atoms with van der Waals surface area (Å²) in [5, 5.41) is 7.02. The van der Waals surface area contributed by atoms with Crippen molar-refractivity contribution in [1.29, 1.82) is 0 Å². The van der Waals surface area contributed by atoms with Gasteiger partial charge in [0, 0.05) is 22.8 Å². The van der Waals surface area contributed by atoms with Crippen LogP contribution in [0.4, 0.5) is 5.82 Å². The molecular formula is C12H14ClN3O3S. The molecule has 0 amide bonds. The summed E-state index contributed by atoms with van der Waals surface area (Å²) in [7, 11) is -2.40. The van der Waals surface area contributed by atoms with Crippen LogP contribution in [0.15, 0.2) is 29.2 Å². The first-order valence-electron chi connectivity index (χ1n) is 5.87. The Morgan fingerprint density at radius 1 is 1.40 bits per heavy atom. The zero-order chi connectivity index (χ0) is 14.8. The van der Waals surface area contributed by atoms with Crippen LogP contribution < -0.4 is 9.46 Å². The first-order chi connectivity index (χ1) is 9.46. The molecule has 1 aromatic carbocycles. The van der Waals surface area contributed by atoms with Gasteiger partial charge >= 0.3 is 0 Å². The zero-order valence-electron chi connectivity index (χ0n) is 11.0. The number of nitrogens with one attached hydrogen (secondary N) is 2. The van der Waals surface area contributed by atoms with Crippen molar-refractivity contribution < 1.29 is 13.2 Å². The molecule has 0 spiro atoms. The number of ether oxygens (including phenoxy) is 1. The predicted molar refractivity (Wildman–Crippen MR) is 76.8 cm³/mol. The van der Waals surface area contributed by atoms with E-state index in [0.29, 0.717) is 5.02 Å². The first kappa shape index (κ1) is 14.7. The lowest BCUT2D eigenvalue weighted by atomic mass is 10.3. The van der Waals surface area contributed by atoms with E-state index in [1.807, 2.05) is 6.92 Å². The number of hydrogen-bond acceptors (Lipinski definition) is 4. The molecule has 1 heterocycles. The molecule has 0 saturated carbocycles. The molecule has 2 N–H and O–H groups in total. The maximum absolute atomic E-state index is 12.3. The van der Waals surface area contributed by atoms with Crippen LogP contribution in [0.1, 0.15) is 12.6 Å². The van der Waals surface area contributed by atoms with Crippen LogP contribution in [0.25, 0.3) is 0 Å². The smallest absolute Gasteiger partial charge is 0.266 e. The van der Waals surface area contributed by atoms with Gasteiger partial charge < -0.3 is 4.74 Å². The minimum Gasteiger partial charge on any atom is -0.495 e. The number of rotatable bonds is 5. The van der Waals surface area contributed by atoms with Crippen LogP contribution >= 0.6 is 11.6 Å². The van der Waals surface area contributed by atoms with Crippen LogP contribution in [-0.4, -0.2) is 25.7 Å². The quantitative estimate of drug-likeness (QED) is 0.887. The molecule has 0 saturated heterocycles. The van der Waals surface area contributed by atoms with Crippen molar-refractivity contribution in [1.82, 2.24) is 10.2 Å². The van der Waals surface area contributed by atoms with Crippen molar-refractivity contribution in [2.45, 2.75) is 18.2 Å². The second kappa shape index (κ2) is 5.72. The summed E-state index contributed by atoms with van der Waals surface area (Å²) < 4.78 is 32.0. The summed E-state index contributed by atoms with van der Waals surface area (Å²) in [6.45, 7) is 1.94. The second-order valence-electron chi connectivity index (χ2n) is 4.03. The molecule has 20 heavy (non-hydrogen) atoms. The van der Waals surface area contributed by atoms with Crippen molar-refractivity contribution in [3.05, 3.63) is 35.0 Å². The molecule has 0 aliphatic rings. The van der Waals surface area contributed by atoms with E-state index in [1.54, 1.807) is 6.07 Å². The summed E-state index contributed by atoms with van der Waals surface area (Å²) >= 11 is 5.82. The Hall–Kier alpha value is -1.73. The fourth-order valence-electron chi connectivity index (χ4n) is 1.65. The van der Waals surface area contributed by atoms with Gasteiger partial charge in [-0.05, 0) is 18.6 Å². The van der Waals surface area contributed by atoms with Gasteiger partial charge in [0.1, 0.15) is 10.6 Å². The van der Waals surface area contributed by atoms with Crippen LogP contribution in [0.2, 0.25) is 5.02 Å². The highest BCUT2D eigenvalue weighted by Gasteiger charge is 2.20. The number of benzene rings is 1. The minimum absolute atomic E-state index is 0.00504. The largest absolute Gasteiger partial charge is 0.495 e. The summed E-state index contributed by atoms with van der Waals surface area (Å²) in [6, 6.07) is 5.95. The molecule has 0 aliphatic carbocycles. The number of methoxy groups -OCH3 is 1. The molecule has 108 valence electrons. The number of aromatic amines is 1. The summed E-state index contributed by atoms with van der Waals surface area (Å²) in [5.41, 5.74) is 0.839. The number of aromatic nitrogens is 2. The number of hydrogen-bond donors (Lipinski definition) is 2. The van der Waals surface area contributed by atoms with E-state index in [1.165, 1.54) is 25.3 Å². The molecule has 2 rings (SSSR count). The lowest BCUT2D eigenvalue weighted by molar-refractivity contribution is 0.403. The van der Waals surface area contributed by atoms with Crippen LogP contribution in [0.5, 0.6) is 5.75 Å². The molecule has 0 radical (unpaired) electrons. The van der Waals surface area contributed by atoms with E-state index in [4.69, 9.17) is 16.3 Å². The summed E-state index contributed by atoms with van der Waals surface area (Å²) in [6.07, 6.45) is 0.735. The maximum Gasteiger partial charge on any atom is 0.266 e. The van der Waals surface area contributed by atoms with Gasteiger partial charge in [0.15, 0.2) is 5.82 Å². The highest BCUT2D eigenvalue weighted by Crippen LogP contribution is 2.28. The topological polar surface area (TPSA) is 84.1 Å². The highest BCUT2D eigenvalue weighted by molar-refractivity contribution is 7.92. The minimum atomic E-state index is -3.78. The molecule has 0 bridgehead atoms. The lowest BCUT2D eigenvalue weighted by Gasteiger charge is -2.10. The third-order valence-corrected chi connectivity index (χ3v) is 4.30. The Bertz CT molecular complexity index is 712. The molecule has 0 unspecified atom stereocenters.